The Labute approximate surface area is 151 Å². The molecular weight excluding hydrogens is 350 g/mol. The van der Waals surface area contributed by atoms with Gasteiger partial charge in [0, 0.05) is 18.0 Å². The molecule has 1 aromatic heterocycles. The number of nitrogens with one attached hydrogen (secondary N) is 1. The first-order chi connectivity index (χ1) is 12.5. The van der Waals surface area contributed by atoms with Crippen LogP contribution in [0.2, 0.25) is 0 Å². The third-order valence-corrected chi connectivity index (χ3v) is 4.92. The minimum Gasteiger partial charge on any atom is -0.439 e. The van der Waals surface area contributed by atoms with E-state index in [9.17, 15) is 8.42 Å². The molecule has 0 aliphatic rings. The molecule has 130 valence electrons. The van der Waals surface area contributed by atoms with Gasteiger partial charge in [0.1, 0.15) is 11.8 Å². The molecular formula is C19H15N3O3S. The van der Waals surface area contributed by atoms with Crippen LogP contribution in [0.3, 0.4) is 0 Å². The first kappa shape index (κ1) is 17.5. The van der Waals surface area contributed by atoms with Crippen LogP contribution >= 0.6 is 0 Å². The third kappa shape index (κ3) is 4.18. The zero-order valence-corrected chi connectivity index (χ0v) is 14.7. The van der Waals surface area contributed by atoms with Crippen LogP contribution in [0.4, 0.5) is 5.69 Å². The Bertz CT molecular complexity index is 1040. The average Bonchev–Trinajstić information content (AvgIpc) is 2.64. The lowest BCUT2D eigenvalue weighted by Gasteiger charge is -2.09. The number of nitriles is 1. The predicted octanol–water partition coefficient (Wildman–Crippen LogP) is 3.85. The number of anilines is 1. The quantitative estimate of drug-likeness (QED) is 0.741. The fourth-order valence-corrected chi connectivity index (χ4v) is 3.21. The van der Waals surface area contributed by atoms with E-state index in [-0.39, 0.29) is 4.90 Å². The summed E-state index contributed by atoms with van der Waals surface area (Å²) >= 11 is 0. The van der Waals surface area contributed by atoms with Gasteiger partial charge in [-0.05, 0) is 49.4 Å². The van der Waals surface area contributed by atoms with Gasteiger partial charge in [0.05, 0.1) is 10.5 Å². The van der Waals surface area contributed by atoms with Gasteiger partial charge in [0.2, 0.25) is 5.88 Å². The molecule has 7 heteroatoms. The second-order valence-electron chi connectivity index (χ2n) is 5.54. The zero-order valence-electron chi connectivity index (χ0n) is 13.9. The number of benzene rings is 2. The van der Waals surface area contributed by atoms with E-state index in [1.807, 2.05) is 13.0 Å². The first-order valence-corrected chi connectivity index (χ1v) is 9.18. The van der Waals surface area contributed by atoms with Crippen LogP contribution < -0.4 is 9.46 Å². The minimum absolute atomic E-state index is 0.199. The molecule has 0 saturated carbocycles. The van der Waals surface area contributed by atoms with Gasteiger partial charge in [-0.25, -0.2) is 13.4 Å². The molecule has 1 N–H and O–H groups in total. The number of ether oxygens (including phenoxy) is 1. The highest BCUT2D eigenvalue weighted by Crippen LogP contribution is 2.23. The van der Waals surface area contributed by atoms with Crippen LogP contribution in [0.1, 0.15) is 11.1 Å². The summed E-state index contributed by atoms with van der Waals surface area (Å²) in [5.41, 5.74) is 1.85. The second-order valence-corrected chi connectivity index (χ2v) is 7.22. The van der Waals surface area contributed by atoms with Crippen LogP contribution in [0.15, 0.2) is 71.8 Å². The molecule has 6 nitrogen and oxygen atoms in total. The highest BCUT2D eigenvalue weighted by Gasteiger charge is 2.13. The lowest BCUT2D eigenvalue weighted by Crippen LogP contribution is -2.12. The van der Waals surface area contributed by atoms with E-state index in [2.05, 4.69) is 9.71 Å². The fourth-order valence-electron chi connectivity index (χ4n) is 2.15. The Morgan fingerprint density at radius 3 is 2.27 bits per heavy atom. The normalized spacial score (nSPS) is 10.8. The van der Waals surface area contributed by atoms with Gasteiger partial charge in [-0.3, -0.25) is 4.72 Å². The fraction of sp³-hybridized carbons (Fsp3) is 0.0526. The first-order valence-electron chi connectivity index (χ1n) is 7.70. The van der Waals surface area contributed by atoms with Crippen LogP contribution in [-0.4, -0.2) is 13.4 Å². The van der Waals surface area contributed by atoms with E-state index in [0.29, 0.717) is 22.9 Å². The van der Waals surface area contributed by atoms with Crippen LogP contribution in [-0.2, 0) is 10.0 Å². The maximum Gasteiger partial charge on any atom is 0.261 e. The summed E-state index contributed by atoms with van der Waals surface area (Å²) in [5.74, 6) is 0.845. The van der Waals surface area contributed by atoms with E-state index in [0.717, 1.165) is 5.56 Å². The molecule has 0 fully saturated rings. The molecule has 0 aliphatic carbocycles. The number of hydrogen-bond acceptors (Lipinski definition) is 5. The Morgan fingerprint density at radius 2 is 1.69 bits per heavy atom. The summed E-state index contributed by atoms with van der Waals surface area (Å²) in [7, 11) is -3.64. The van der Waals surface area contributed by atoms with Crippen molar-refractivity contribution in [3.63, 3.8) is 0 Å². The largest absolute Gasteiger partial charge is 0.439 e. The Hall–Kier alpha value is -3.37. The summed E-state index contributed by atoms with van der Waals surface area (Å²) in [4.78, 5) is 4.22. The molecule has 0 spiro atoms. The number of aromatic nitrogens is 1. The van der Waals surface area contributed by atoms with E-state index in [1.54, 1.807) is 60.7 Å². The molecule has 2 aromatic carbocycles. The Morgan fingerprint density at radius 1 is 1.00 bits per heavy atom. The highest BCUT2D eigenvalue weighted by atomic mass is 32.2. The van der Waals surface area contributed by atoms with Crippen LogP contribution in [0.5, 0.6) is 11.6 Å². The van der Waals surface area contributed by atoms with Crippen molar-refractivity contribution in [2.24, 2.45) is 0 Å². The third-order valence-electron chi connectivity index (χ3n) is 3.53. The molecule has 0 unspecified atom stereocenters. The lowest BCUT2D eigenvalue weighted by molar-refractivity contribution is 0.463. The highest BCUT2D eigenvalue weighted by molar-refractivity contribution is 7.92. The summed E-state index contributed by atoms with van der Waals surface area (Å²) in [5, 5.41) is 8.75. The van der Waals surface area contributed by atoms with Crippen LogP contribution in [0, 0.1) is 18.3 Å². The molecule has 26 heavy (non-hydrogen) atoms. The van der Waals surface area contributed by atoms with Crippen molar-refractivity contribution in [2.45, 2.75) is 11.8 Å². The van der Waals surface area contributed by atoms with E-state index in [1.165, 1.54) is 6.20 Å². The van der Waals surface area contributed by atoms with Gasteiger partial charge in [-0.2, -0.15) is 5.26 Å². The topological polar surface area (TPSA) is 92.1 Å². The van der Waals surface area contributed by atoms with Gasteiger partial charge in [-0.1, -0.05) is 17.7 Å². The monoisotopic (exact) mass is 365 g/mol. The van der Waals surface area contributed by atoms with E-state index >= 15 is 0 Å². The number of hydrogen-bond donors (Lipinski definition) is 1. The maximum atomic E-state index is 12.4. The SMILES string of the molecule is Cc1ccc(S(=O)(=O)Nc2ccc(Oc3ccc(C#N)cn3)cc2)cc1. The van der Waals surface area contributed by atoms with Crippen molar-refractivity contribution in [2.75, 3.05) is 4.72 Å². The molecule has 3 aromatic rings. The van der Waals surface area contributed by atoms with Crippen LogP contribution in [0.25, 0.3) is 0 Å². The summed E-state index contributed by atoms with van der Waals surface area (Å²) < 4.78 is 32.8. The summed E-state index contributed by atoms with van der Waals surface area (Å²) in [6.07, 6.45) is 1.42. The lowest BCUT2D eigenvalue weighted by atomic mass is 10.2. The molecule has 0 bridgehead atoms. The van der Waals surface area contributed by atoms with Crippen molar-refractivity contribution >= 4 is 15.7 Å². The van der Waals surface area contributed by atoms with Crippen molar-refractivity contribution in [1.29, 1.82) is 5.26 Å². The number of nitrogens with zero attached hydrogens (tertiary/aromatic N) is 2. The molecule has 1 heterocycles. The summed E-state index contributed by atoms with van der Waals surface area (Å²) in [6, 6.07) is 18.3. The summed E-state index contributed by atoms with van der Waals surface area (Å²) in [6.45, 7) is 1.89. The van der Waals surface area contributed by atoms with Gasteiger partial charge < -0.3 is 4.74 Å². The van der Waals surface area contributed by atoms with Gasteiger partial charge in [0.15, 0.2) is 0 Å². The molecule has 0 aliphatic heterocycles. The molecule has 0 radical (unpaired) electrons. The van der Waals surface area contributed by atoms with Crippen molar-refractivity contribution in [1.82, 2.24) is 4.98 Å². The Kier molecular flexibility index (Phi) is 4.87. The molecule has 3 rings (SSSR count). The minimum atomic E-state index is -3.64. The Balaban J connectivity index is 1.71. The van der Waals surface area contributed by atoms with Crippen molar-refractivity contribution < 1.29 is 13.2 Å². The number of aryl methyl sites for hydroxylation is 1. The molecule has 0 saturated heterocycles. The van der Waals surface area contributed by atoms with Crippen molar-refractivity contribution in [3.05, 3.63) is 78.0 Å². The number of rotatable bonds is 5. The average molecular weight is 365 g/mol. The maximum absolute atomic E-state index is 12.4. The molecule has 0 amide bonds. The smallest absolute Gasteiger partial charge is 0.261 e. The van der Waals surface area contributed by atoms with E-state index < -0.39 is 10.0 Å². The zero-order chi connectivity index (χ0) is 18.6. The number of pyridine rings is 1. The van der Waals surface area contributed by atoms with E-state index in [4.69, 9.17) is 10.00 Å². The predicted molar refractivity (Wildman–Crippen MR) is 97.5 cm³/mol. The number of sulfonamides is 1. The van der Waals surface area contributed by atoms with Crippen molar-refractivity contribution in [3.8, 4) is 17.7 Å². The second kappa shape index (κ2) is 7.25. The standard InChI is InChI=1S/C19H15N3O3S/c1-14-2-9-18(10-3-14)26(23,24)22-16-5-7-17(8-6-16)25-19-11-4-15(12-20)13-21-19/h2-11,13,22H,1H3. The van der Waals surface area contributed by atoms with Gasteiger partial charge in [-0.15, -0.1) is 0 Å². The van der Waals surface area contributed by atoms with Gasteiger partial charge in [0.25, 0.3) is 10.0 Å². The van der Waals surface area contributed by atoms with Gasteiger partial charge >= 0.3 is 0 Å². The molecule has 0 atom stereocenters.